The highest BCUT2D eigenvalue weighted by atomic mass is 16.3. The van der Waals surface area contributed by atoms with E-state index >= 15 is 0 Å². The van der Waals surface area contributed by atoms with Crippen LogP contribution >= 0.6 is 0 Å². The van der Waals surface area contributed by atoms with Crippen molar-refractivity contribution in [3.63, 3.8) is 0 Å². The average molecular weight is 320 g/mol. The first-order chi connectivity index (χ1) is 10.8. The summed E-state index contributed by atoms with van der Waals surface area (Å²) < 4.78 is 0. The van der Waals surface area contributed by atoms with Gasteiger partial charge in [0.25, 0.3) is 0 Å². The number of nitrogens with two attached hydrogens (primary N) is 1. The lowest BCUT2D eigenvalue weighted by Gasteiger charge is -2.46. The fourth-order valence-electron chi connectivity index (χ4n) is 4.66. The van der Waals surface area contributed by atoms with E-state index in [4.69, 9.17) is 5.73 Å². The zero-order chi connectivity index (χ0) is 16.9. The number of carbonyl (C=O) groups excluding carboxylic acids is 2. The molecule has 0 aromatic rings. The predicted octanol–water partition coefficient (Wildman–Crippen LogP) is 1.44. The summed E-state index contributed by atoms with van der Waals surface area (Å²) in [6.07, 6.45) is 3.16. The van der Waals surface area contributed by atoms with Crippen LogP contribution in [0.5, 0.6) is 0 Å². The van der Waals surface area contributed by atoms with Crippen molar-refractivity contribution in [3.05, 3.63) is 22.7 Å². The first kappa shape index (κ1) is 16.1. The molecule has 4 N–H and O–H groups in total. The van der Waals surface area contributed by atoms with Gasteiger partial charge in [-0.1, -0.05) is 0 Å². The van der Waals surface area contributed by atoms with Crippen LogP contribution in [0, 0.1) is 17.8 Å². The summed E-state index contributed by atoms with van der Waals surface area (Å²) in [5, 5.41) is 21.3. The number of Topliss-reactive ketones (excluding diaryl/α,β-unsaturated/α-hetero) is 1. The molecule has 3 aliphatic carbocycles. The third kappa shape index (κ3) is 2.45. The monoisotopic (exact) mass is 320 g/mol. The van der Waals surface area contributed by atoms with Gasteiger partial charge in [0.2, 0.25) is 5.91 Å². The Labute approximate surface area is 135 Å². The normalized spacial score (nSPS) is 34.5. The van der Waals surface area contributed by atoms with E-state index in [0.717, 1.165) is 19.3 Å². The summed E-state index contributed by atoms with van der Waals surface area (Å²) in [5.74, 6) is -0.790. The molecule has 23 heavy (non-hydrogen) atoms. The highest BCUT2D eigenvalue weighted by Gasteiger charge is 2.49. The van der Waals surface area contributed by atoms with Gasteiger partial charge in [0, 0.05) is 17.9 Å². The Morgan fingerprint density at radius 2 is 1.96 bits per heavy atom. The van der Waals surface area contributed by atoms with Gasteiger partial charge in [-0.15, -0.1) is 0 Å². The van der Waals surface area contributed by atoms with E-state index in [1.54, 1.807) is 0 Å². The number of hydrogen-bond donors (Lipinski definition) is 3. The second kappa shape index (κ2) is 5.67. The fraction of sp³-hybridized carbons (Fsp3) is 0.647. The van der Waals surface area contributed by atoms with E-state index < -0.39 is 5.91 Å². The van der Waals surface area contributed by atoms with E-state index in [0.29, 0.717) is 12.0 Å². The van der Waals surface area contributed by atoms with Crippen LogP contribution in [0.1, 0.15) is 32.1 Å². The second-order valence-corrected chi connectivity index (χ2v) is 7.16. The van der Waals surface area contributed by atoms with Gasteiger partial charge in [-0.25, -0.2) is 0 Å². The molecule has 1 amide bonds. The molecular formula is C17H24N2O4. The maximum atomic E-state index is 12.2. The standard InChI is InChI=1S/C17H24N2O4/c1-19(2)14-9-6-8-4-3-5-12(20)13(8)15(21)10(9)7-11(16(14)22)17(18)23/h8-10,14,21-22H,3-7H2,1-2H3,(H2,18,23). The van der Waals surface area contributed by atoms with Crippen LogP contribution in [-0.4, -0.2) is 46.9 Å². The Bertz CT molecular complexity index is 620. The van der Waals surface area contributed by atoms with Crippen LogP contribution in [0.15, 0.2) is 22.7 Å². The molecule has 0 saturated heterocycles. The highest BCUT2D eigenvalue weighted by molar-refractivity contribution is 5.97. The molecule has 1 fully saturated rings. The van der Waals surface area contributed by atoms with E-state index in [1.807, 2.05) is 19.0 Å². The van der Waals surface area contributed by atoms with Gasteiger partial charge in [-0.05, 0) is 51.6 Å². The Hall–Kier alpha value is -1.82. The van der Waals surface area contributed by atoms with Crippen molar-refractivity contribution in [2.24, 2.45) is 23.5 Å². The quantitative estimate of drug-likeness (QED) is 0.714. The van der Waals surface area contributed by atoms with Gasteiger partial charge in [-0.2, -0.15) is 0 Å². The Kier molecular flexibility index (Phi) is 3.96. The minimum atomic E-state index is -0.664. The summed E-state index contributed by atoms with van der Waals surface area (Å²) in [5.41, 5.74) is 6.13. The molecule has 126 valence electrons. The summed E-state index contributed by atoms with van der Waals surface area (Å²) in [6.45, 7) is 0. The highest BCUT2D eigenvalue weighted by Crippen LogP contribution is 2.50. The number of aliphatic hydroxyl groups is 2. The van der Waals surface area contributed by atoms with Gasteiger partial charge >= 0.3 is 0 Å². The van der Waals surface area contributed by atoms with Crippen molar-refractivity contribution in [1.29, 1.82) is 0 Å². The summed E-state index contributed by atoms with van der Waals surface area (Å²) >= 11 is 0. The molecule has 4 atom stereocenters. The molecule has 0 spiro atoms. The van der Waals surface area contributed by atoms with Gasteiger partial charge in [0.05, 0.1) is 11.6 Å². The third-order valence-electron chi connectivity index (χ3n) is 5.64. The van der Waals surface area contributed by atoms with E-state index in [9.17, 15) is 19.8 Å². The first-order valence-corrected chi connectivity index (χ1v) is 8.17. The molecule has 1 saturated carbocycles. The third-order valence-corrected chi connectivity index (χ3v) is 5.64. The number of allylic oxidation sites excluding steroid dienone is 2. The van der Waals surface area contributed by atoms with Crippen molar-refractivity contribution in [2.45, 2.75) is 38.1 Å². The van der Waals surface area contributed by atoms with Crippen molar-refractivity contribution in [2.75, 3.05) is 14.1 Å². The predicted molar refractivity (Wildman–Crippen MR) is 84.5 cm³/mol. The maximum Gasteiger partial charge on any atom is 0.248 e. The van der Waals surface area contributed by atoms with Crippen LogP contribution in [-0.2, 0) is 9.59 Å². The van der Waals surface area contributed by atoms with Crippen LogP contribution in [0.2, 0.25) is 0 Å². The molecular weight excluding hydrogens is 296 g/mol. The molecule has 3 rings (SSSR count). The summed E-state index contributed by atoms with van der Waals surface area (Å²) in [7, 11) is 3.67. The number of hydrogen-bond acceptors (Lipinski definition) is 5. The Morgan fingerprint density at radius 3 is 2.57 bits per heavy atom. The Morgan fingerprint density at radius 1 is 1.26 bits per heavy atom. The summed E-state index contributed by atoms with van der Waals surface area (Å²) in [4.78, 5) is 25.8. The number of primary amides is 1. The second-order valence-electron chi connectivity index (χ2n) is 7.16. The number of likely N-dealkylation sites (N-methyl/N-ethyl adjacent to an activating group) is 1. The van der Waals surface area contributed by atoms with Crippen molar-refractivity contribution < 1.29 is 19.8 Å². The molecule has 0 bridgehead atoms. The number of nitrogens with zero attached hydrogens (tertiary/aromatic N) is 1. The zero-order valence-electron chi connectivity index (χ0n) is 13.6. The number of rotatable bonds is 2. The molecule has 6 heteroatoms. The van der Waals surface area contributed by atoms with Crippen LogP contribution in [0.3, 0.4) is 0 Å². The average Bonchev–Trinajstić information content (AvgIpc) is 2.45. The minimum Gasteiger partial charge on any atom is -0.512 e. The molecule has 4 unspecified atom stereocenters. The number of fused-ring (bicyclic) bond motifs is 2. The van der Waals surface area contributed by atoms with Crippen molar-refractivity contribution in [1.82, 2.24) is 4.90 Å². The smallest absolute Gasteiger partial charge is 0.248 e. The lowest BCUT2D eigenvalue weighted by Crippen LogP contribution is -2.49. The molecule has 0 radical (unpaired) electrons. The largest absolute Gasteiger partial charge is 0.512 e. The van der Waals surface area contributed by atoms with Gasteiger partial charge in [0.15, 0.2) is 5.78 Å². The van der Waals surface area contributed by atoms with Gasteiger partial charge < -0.3 is 15.9 Å². The minimum absolute atomic E-state index is 0.0159. The van der Waals surface area contributed by atoms with Crippen LogP contribution < -0.4 is 5.73 Å². The van der Waals surface area contributed by atoms with E-state index in [1.165, 1.54) is 0 Å². The molecule has 6 nitrogen and oxygen atoms in total. The lowest BCUT2D eigenvalue weighted by atomic mass is 9.62. The zero-order valence-corrected chi connectivity index (χ0v) is 13.6. The van der Waals surface area contributed by atoms with Gasteiger partial charge in [0.1, 0.15) is 11.5 Å². The SMILES string of the molecule is CN(C)C1C(O)=C(C(N)=O)CC2C(O)=C3C(=O)CCCC3CC21. The number of carbonyl (C=O) groups is 2. The summed E-state index contributed by atoms with van der Waals surface area (Å²) in [6, 6.07) is -0.364. The van der Waals surface area contributed by atoms with Crippen LogP contribution in [0.4, 0.5) is 0 Å². The molecule has 0 heterocycles. The number of ketones is 1. The topological polar surface area (TPSA) is 104 Å². The number of aliphatic hydroxyl groups excluding tert-OH is 2. The molecule has 0 aromatic carbocycles. The van der Waals surface area contributed by atoms with E-state index in [-0.39, 0.29) is 53.1 Å². The maximum absolute atomic E-state index is 12.2. The van der Waals surface area contributed by atoms with Crippen molar-refractivity contribution >= 4 is 11.7 Å². The number of amides is 1. The van der Waals surface area contributed by atoms with E-state index in [2.05, 4.69) is 0 Å². The lowest BCUT2D eigenvalue weighted by molar-refractivity contribution is -0.118. The van der Waals surface area contributed by atoms with Crippen LogP contribution in [0.25, 0.3) is 0 Å². The molecule has 0 aliphatic heterocycles. The Balaban J connectivity index is 2.08. The molecule has 0 aromatic heterocycles. The molecule has 3 aliphatic rings. The van der Waals surface area contributed by atoms with Crippen molar-refractivity contribution in [3.8, 4) is 0 Å². The van der Waals surface area contributed by atoms with Gasteiger partial charge in [-0.3, -0.25) is 14.5 Å². The first-order valence-electron chi connectivity index (χ1n) is 8.17. The fourth-order valence-corrected chi connectivity index (χ4v) is 4.66.